The first kappa shape index (κ1) is 32.8. The third kappa shape index (κ3) is 6.70. The molecule has 1 aromatic carbocycles. The number of nitrogens with one attached hydrogen (secondary N) is 1. The SMILES string of the molecule is CCC(CC)COC(=O)[C@@H](C)N[P@](=O)(OC[C@H]1O[C@@](C#N)(c2ccc3c(N)ncnn23)[C@@H]2OC(C)(C)O[C@@H]21)Oc1ccccc1. The Balaban J connectivity index is 1.40. The Labute approximate surface area is 261 Å². The second-order valence-corrected chi connectivity index (χ2v) is 13.2. The summed E-state index contributed by atoms with van der Waals surface area (Å²) in [7, 11) is -4.24. The minimum Gasteiger partial charge on any atom is -0.464 e. The molecule has 0 amide bonds. The van der Waals surface area contributed by atoms with E-state index in [9.17, 15) is 14.6 Å². The van der Waals surface area contributed by atoms with Crippen LogP contribution in [0.3, 0.4) is 0 Å². The van der Waals surface area contributed by atoms with E-state index in [1.165, 1.54) is 17.8 Å². The Kier molecular flexibility index (Phi) is 9.51. The summed E-state index contributed by atoms with van der Waals surface area (Å²) in [5, 5.41) is 17.6. The molecular formula is C30H39N6O8P. The number of nitrogen functional groups attached to an aromatic ring is 1. The van der Waals surface area contributed by atoms with Crippen molar-refractivity contribution in [2.45, 2.75) is 83.2 Å². The summed E-state index contributed by atoms with van der Waals surface area (Å²) in [6.45, 7) is 8.91. The molecule has 2 aromatic heterocycles. The fourth-order valence-electron chi connectivity index (χ4n) is 5.49. The van der Waals surface area contributed by atoms with E-state index in [1.54, 1.807) is 56.3 Å². The number of carbonyl (C=O) groups is 1. The van der Waals surface area contributed by atoms with Gasteiger partial charge in [0.15, 0.2) is 11.6 Å². The first-order chi connectivity index (χ1) is 21.4. The molecule has 242 valence electrons. The van der Waals surface area contributed by atoms with E-state index in [0.717, 1.165) is 12.8 Å². The van der Waals surface area contributed by atoms with E-state index >= 15 is 0 Å². The highest BCUT2D eigenvalue weighted by molar-refractivity contribution is 7.52. The minimum atomic E-state index is -4.24. The zero-order valence-corrected chi connectivity index (χ0v) is 26.8. The number of aromatic nitrogens is 3. The van der Waals surface area contributed by atoms with Crippen LogP contribution in [0.5, 0.6) is 5.75 Å². The average molecular weight is 643 g/mol. The second-order valence-electron chi connectivity index (χ2n) is 11.5. The number of hydrogen-bond donors (Lipinski definition) is 2. The van der Waals surface area contributed by atoms with Crippen molar-refractivity contribution in [2.75, 3.05) is 18.9 Å². The number of ether oxygens (including phenoxy) is 4. The monoisotopic (exact) mass is 642 g/mol. The number of nitriles is 1. The Bertz CT molecular complexity index is 1590. The first-order valence-corrected chi connectivity index (χ1v) is 16.5. The molecule has 2 fully saturated rings. The van der Waals surface area contributed by atoms with Crippen LogP contribution >= 0.6 is 7.75 Å². The molecule has 0 aliphatic carbocycles. The molecule has 3 N–H and O–H groups in total. The Hall–Kier alpha value is -3.57. The van der Waals surface area contributed by atoms with Crippen LogP contribution in [0.2, 0.25) is 0 Å². The van der Waals surface area contributed by atoms with Crippen molar-refractivity contribution in [1.82, 2.24) is 19.7 Å². The number of hydrogen-bond acceptors (Lipinski definition) is 12. The number of rotatable bonds is 13. The third-order valence-electron chi connectivity index (χ3n) is 7.96. The lowest BCUT2D eigenvalue weighted by molar-refractivity contribution is -0.204. The van der Waals surface area contributed by atoms with E-state index in [-0.39, 0.29) is 30.7 Å². The van der Waals surface area contributed by atoms with Crippen LogP contribution in [0.1, 0.15) is 53.2 Å². The van der Waals surface area contributed by atoms with Gasteiger partial charge in [0.05, 0.1) is 18.9 Å². The van der Waals surface area contributed by atoms with Gasteiger partial charge >= 0.3 is 13.7 Å². The second kappa shape index (κ2) is 13.0. The van der Waals surface area contributed by atoms with Crippen LogP contribution in [0.25, 0.3) is 5.52 Å². The molecule has 6 atom stereocenters. The number of nitrogens with zero attached hydrogens (tertiary/aromatic N) is 4. The maximum Gasteiger partial charge on any atom is 0.459 e. The average Bonchev–Trinajstić information content (AvgIpc) is 3.68. The number of para-hydroxylation sites is 1. The number of esters is 1. The van der Waals surface area contributed by atoms with Crippen molar-refractivity contribution in [3.05, 3.63) is 54.5 Å². The first-order valence-electron chi connectivity index (χ1n) is 14.9. The normalized spacial score (nSPS) is 25.8. The summed E-state index contributed by atoms with van der Waals surface area (Å²) >= 11 is 0. The summed E-state index contributed by atoms with van der Waals surface area (Å²) < 4.78 is 51.7. The van der Waals surface area contributed by atoms with Crippen LogP contribution in [-0.2, 0) is 38.4 Å². The van der Waals surface area contributed by atoms with Crippen LogP contribution < -0.4 is 15.3 Å². The lowest BCUT2D eigenvalue weighted by Crippen LogP contribution is -2.40. The van der Waals surface area contributed by atoms with Gasteiger partial charge in [-0.25, -0.2) is 14.1 Å². The van der Waals surface area contributed by atoms with Crippen molar-refractivity contribution in [1.29, 1.82) is 5.26 Å². The summed E-state index contributed by atoms with van der Waals surface area (Å²) in [4.78, 5) is 16.9. The summed E-state index contributed by atoms with van der Waals surface area (Å²) in [6, 6.07) is 13.0. The zero-order chi connectivity index (χ0) is 32.4. The minimum absolute atomic E-state index is 0.219. The van der Waals surface area contributed by atoms with Gasteiger partial charge in [-0.1, -0.05) is 44.9 Å². The van der Waals surface area contributed by atoms with Crippen molar-refractivity contribution in [3.63, 3.8) is 0 Å². The molecule has 2 saturated heterocycles. The highest BCUT2D eigenvalue weighted by Gasteiger charge is 2.65. The summed E-state index contributed by atoms with van der Waals surface area (Å²) in [5.74, 6) is -0.980. The van der Waals surface area contributed by atoms with Gasteiger partial charge in [-0.15, -0.1) is 0 Å². The topological polar surface area (TPSA) is 182 Å². The van der Waals surface area contributed by atoms with E-state index in [0.29, 0.717) is 11.2 Å². The van der Waals surface area contributed by atoms with Crippen LogP contribution in [-0.4, -0.2) is 63.9 Å². The highest BCUT2D eigenvalue weighted by atomic mass is 31.2. The molecule has 2 aliphatic rings. The molecule has 0 saturated carbocycles. The van der Waals surface area contributed by atoms with Crippen LogP contribution in [0.15, 0.2) is 48.8 Å². The molecule has 15 heteroatoms. The lowest BCUT2D eigenvalue weighted by Gasteiger charge is -2.29. The van der Waals surface area contributed by atoms with E-state index < -0.39 is 49.5 Å². The fourth-order valence-corrected chi connectivity index (χ4v) is 6.99. The molecule has 2 aliphatic heterocycles. The summed E-state index contributed by atoms with van der Waals surface area (Å²) in [6.07, 6.45) is 0.325. The summed E-state index contributed by atoms with van der Waals surface area (Å²) in [5.41, 5.74) is 5.17. The number of carbonyl (C=O) groups excluding carboxylic acids is 1. The van der Waals surface area contributed by atoms with Gasteiger partial charge in [0, 0.05) is 0 Å². The van der Waals surface area contributed by atoms with Gasteiger partial charge in [-0.2, -0.15) is 15.4 Å². The largest absolute Gasteiger partial charge is 0.464 e. The number of nitrogens with two attached hydrogens (primary N) is 1. The maximum absolute atomic E-state index is 14.2. The predicted octanol–water partition coefficient (Wildman–Crippen LogP) is 4.11. The molecule has 0 unspecified atom stereocenters. The van der Waals surface area contributed by atoms with E-state index in [2.05, 4.69) is 21.2 Å². The smallest absolute Gasteiger partial charge is 0.459 e. The molecule has 45 heavy (non-hydrogen) atoms. The van der Waals surface area contributed by atoms with Crippen LogP contribution in [0.4, 0.5) is 5.82 Å². The molecule has 14 nitrogen and oxygen atoms in total. The van der Waals surface area contributed by atoms with Gasteiger partial charge < -0.3 is 29.2 Å². The fraction of sp³-hybridized carbons (Fsp3) is 0.533. The van der Waals surface area contributed by atoms with Gasteiger partial charge in [-0.3, -0.25) is 9.32 Å². The predicted molar refractivity (Wildman–Crippen MR) is 162 cm³/mol. The van der Waals surface area contributed by atoms with Gasteiger partial charge in [0.2, 0.25) is 5.60 Å². The van der Waals surface area contributed by atoms with Crippen molar-refractivity contribution >= 4 is 25.1 Å². The molecule has 3 aromatic rings. The highest BCUT2D eigenvalue weighted by Crippen LogP contribution is 2.51. The Morgan fingerprint density at radius 2 is 1.91 bits per heavy atom. The molecule has 0 bridgehead atoms. The zero-order valence-electron chi connectivity index (χ0n) is 25.9. The Morgan fingerprint density at radius 1 is 1.18 bits per heavy atom. The standard InChI is InChI=1S/C30H39N6O8P/c1-6-20(7-2)15-39-28(37)19(3)35-45(38,44-21-11-9-8-10-12-21)40-16-23-25-26(43-29(4,5)42-25)30(17-31,41-23)24-14-13-22-27(32)33-18-34-36(22)24/h8-14,18-20,23,25-26H,6-7,15-16H2,1-5H3,(H,35,38)(H2,32,33,34)/t19-,23-,25-,26-,30+,45+/m1/s1. The Morgan fingerprint density at radius 3 is 2.60 bits per heavy atom. The van der Waals surface area contributed by atoms with Crippen LogP contribution in [0, 0.1) is 17.2 Å². The maximum atomic E-state index is 14.2. The number of benzene rings is 1. The van der Waals surface area contributed by atoms with Crippen molar-refractivity contribution in [2.24, 2.45) is 5.92 Å². The molecular weight excluding hydrogens is 603 g/mol. The van der Waals surface area contributed by atoms with Crippen molar-refractivity contribution < 1.29 is 37.4 Å². The quantitative estimate of drug-likeness (QED) is 0.201. The number of fused-ring (bicyclic) bond motifs is 2. The number of anilines is 1. The molecule has 0 spiro atoms. The van der Waals surface area contributed by atoms with Gasteiger partial charge in [0.1, 0.15) is 48.0 Å². The van der Waals surface area contributed by atoms with Gasteiger partial charge in [-0.05, 0) is 51.0 Å². The van der Waals surface area contributed by atoms with Gasteiger partial charge in [0.25, 0.3) is 0 Å². The van der Waals surface area contributed by atoms with Crippen molar-refractivity contribution in [3.8, 4) is 11.8 Å². The van der Waals surface area contributed by atoms with E-state index in [4.69, 9.17) is 33.7 Å². The lowest BCUT2D eigenvalue weighted by atomic mass is 9.92. The molecule has 5 rings (SSSR count). The molecule has 4 heterocycles. The third-order valence-corrected chi connectivity index (χ3v) is 9.60. The van der Waals surface area contributed by atoms with E-state index in [1.807, 2.05) is 13.8 Å². The molecule has 0 radical (unpaired) electrons.